The van der Waals surface area contributed by atoms with Crippen molar-refractivity contribution >= 4 is 28.3 Å². The molecular formula is C26H34N6O3. The molecule has 1 fully saturated rings. The highest BCUT2D eigenvalue weighted by Crippen LogP contribution is 2.34. The number of aromatic amines is 1. The van der Waals surface area contributed by atoms with Crippen LogP contribution in [0, 0.1) is 5.92 Å². The van der Waals surface area contributed by atoms with Crippen LogP contribution in [0.1, 0.15) is 12.8 Å². The van der Waals surface area contributed by atoms with Crippen molar-refractivity contribution in [2.75, 3.05) is 76.5 Å². The summed E-state index contributed by atoms with van der Waals surface area (Å²) in [6, 6.07) is 8.16. The molecular weight excluding hydrogens is 444 g/mol. The second kappa shape index (κ2) is 10.6. The fourth-order valence-corrected chi connectivity index (χ4v) is 4.99. The maximum atomic E-state index is 13.1. The number of nitrogens with zero attached hydrogens (tertiary/aromatic N) is 5. The number of likely N-dealkylation sites (N-methyl/N-ethyl adjacent to an activating group) is 1. The average molecular weight is 479 g/mol. The summed E-state index contributed by atoms with van der Waals surface area (Å²) < 4.78 is 10.8. The van der Waals surface area contributed by atoms with Crippen LogP contribution in [0.4, 0.5) is 11.5 Å². The van der Waals surface area contributed by atoms with Gasteiger partial charge in [0.1, 0.15) is 0 Å². The summed E-state index contributed by atoms with van der Waals surface area (Å²) in [4.78, 5) is 32.3. The predicted octanol–water partition coefficient (Wildman–Crippen LogP) is 2.78. The van der Waals surface area contributed by atoms with Crippen LogP contribution in [0.3, 0.4) is 0 Å². The Morgan fingerprint density at radius 3 is 2.89 bits per heavy atom. The van der Waals surface area contributed by atoms with Crippen molar-refractivity contribution < 1.29 is 14.3 Å². The third-order valence-corrected chi connectivity index (χ3v) is 7.06. The van der Waals surface area contributed by atoms with Gasteiger partial charge in [-0.1, -0.05) is 12.1 Å². The minimum atomic E-state index is 0.119. The van der Waals surface area contributed by atoms with E-state index in [0.29, 0.717) is 24.9 Å². The maximum Gasteiger partial charge on any atom is 0.241 e. The molecule has 9 nitrogen and oxygen atoms in total. The predicted molar refractivity (Wildman–Crippen MR) is 137 cm³/mol. The van der Waals surface area contributed by atoms with E-state index in [0.717, 1.165) is 80.2 Å². The van der Waals surface area contributed by atoms with Gasteiger partial charge in [0.25, 0.3) is 0 Å². The number of fused-ring (bicyclic) bond motifs is 2. The van der Waals surface area contributed by atoms with Crippen molar-refractivity contribution in [2.45, 2.75) is 12.8 Å². The van der Waals surface area contributed by atoms with Gasteiger partial charge in [0, 0.05) is 76.2 Å². The number of nitrogens with one attached hydrogen (secondary N) is 1. The minimum Gasteiger partial charge on any atom is -0.383 e. The molecule has 2 aromatic heterocycles. The molecule has 0 radical (unpaired) electrons. The van der Waals surface area contributed by atoms with E-state index in [1.54, 1.807) is 7.11 Å². The smallest absolute Gasteiger partial charge is 0.241 e. The number of methoxy groups -OCH3 is 1. The van der Waals surface area contributed by atoms with E-state index in [9.17, 15) is 4.79 Å². The van der Waals surface area contributed by atoms with Crippen LogP contribution in [0.15, 0.2) is 36.7 Å². The van der Waals surface area contributed by atoms with Gasteiger partial charge in [0.05, 0.1) is 25.0 Å². The zero-order valence-corrected chi connectivity index (χ0v) is 20.6. The van der Waals surface area contributed by atoms with Crippen molar-refractivity contribution in [1.29, 1.82) is 0 Å². The van der Waals surface area contributed by atoms with Gasteiger partial charge < -0.3 is 29.2 Å². The first-order chi connectivity index (χ1) is 17.1. The van der Waals surface area contributed by atoms with Crippen LogP contribution >= 0.6 is 0 Å². The van der Waals surface area contributed by atoms with E-state index in [1.807, 2.05) is 42.5 Å². The zero-order valence-electron chi connectivity index (χ0n) is 20.6. The van der Waals surface area contributed by atoms with Gasteiger partial charge in [0.2, 0.25) is 5.91 Å². The molecule has 186 valence electrons. The van der Waals surface area contributed by atoms with Crippen LogP contribution in [0.2, 0.25) is 0 Å². The molecule has 0 aliphatic carbocycles. The number of anilines is 2. The summed E-state index contributed by atoms with van der Waals surface area (Å²) in [6.07, 6.45) is 5.84. The maximum absolute atomic E-state index is 13.1. The fourth-order valence-electron chi connectivity index (χ4n) is 4.99. The van der Waals surface area contributed by atoms with E-state index in [-0.39, 0.29) is 5.91 Å². The number of ether oxygens (including phenoxy) is 2. The standard InChI is InChI=1S/C26H34N6O3/c1-30(17-19-7-13-35-14-8-19)24(33)18-32-11-10-31(12-15-34-2)26-23(32)16-28-25(29-26)21-4-3-5-22-20(21)6-9-27-22/h3-6,9,16,19,27H,7-8,10-15,17-18H2,1-2H3. The van der Waals surface area contributed by atoms with Gasteiger partial charge in [0.15, 0.2) is 11.6 Å². The molecule has 2 aliphatic rings. The summed E-state index contributed by atoms with van der Waals surface area (Å²) in [6.45, 7) is 5.54. The Morgan fingerprint density at radius 2 is 2.06 bits per heavy atom. The summed E-state index contributed by atoms with van der Waals surface area (Å²) in [5, 5.41) is 1.09. The van der Waals surface area contributed by atoms with Gasteiger partial charge >= 0.3 is 0 Å². The van der Waals surface area contributed by atoms with E-state index < -0.39 is 0 Å². The quantitative estimate of drug-likeness (QED) is 0.533. The molecule has 0 bridgehead atoms. The molecule has 0 unspecified atom stereocenters. The first-order valence-electron chi connectivity index (χ1n) is 12.4. The van der Waals surface area contributed by atoms with Crippen LogP contribution < -0.4 is 9.80 Å². The molecule has 0 saturated carbocycles. The number of H-pyrrole nitrogens is 1. The van der Waals surface area contributed by atoms with Crippen LogP contribution in [-0.2, 0) is 14.3 Å². The SMILES string of the molecule is COCCN1CCN(CC(=O)N(C)CC2CCOCC2)c2cnc(-c3cccc4[nH]ccc34)nc21. The second-order valence-corrected chi connectivity index (χ2v) is 9.38. The number of hydrogen-bond acceptors (Lipinski definition) is 7. The highest BCUT2D eigenvalue weighted by molar-refractivity contribution is 5.94. The molecule has 3 aromatic rings. The van der Waals surface area contributed by atoms with Crippen LogP contribution in [0.5, 0.6) is 0 Å². The Kier molecular flexibility index (Phi) is 7.15. The van der Waals surface area contributed by atoms with Gasteiger partial charge in [-0.25, -0.2) is 9.97 Å². The molecule has 1 amide bonds. The first kappa shape index (κ1) is 23.6. The Balaban J connectivity index is 1.39. The van der Waals surface area contributed by atoms with Crippen molar-refractivity contribution in [1.82, 2.24) is 19.9 Å². The van der Waals surface area contributed by atoms with Crippen LogP contribution in [-0.4, -0.2) is 92.5 Å². The van der Waals surface area contributed by atoms with E-state index in [4.69, 9.17) is 19.4 Å². The number of benzene rings is 1. The van der Waals surface area contributed by atoms with E-state index in [2.05, 4.69) is 20.9 Å². The topological polar surface area (TPSA) is 86.8 Å². The van der Waals surface area contributed by atoms with Crippen LogP contribution in [0.25, 0.3) is 22.3 Å². The third kappa shape index (κ3) is 5.11. The molecule has 2 aliphatic heterocycles. The van der Waals surface area contributed by atoms with Crippen molar-refractivity contribution in [3.8, 4) is 11.4 Å². The van der Waals surface area contributed by atoms with Gasteiger partial charge in [-0.15, -0.1) is 0 Å². The lowest BCUT2D eigenvalue weighted by molar-refractivity contribution is -0.129. The zero-order chi connectivity index (χ0) is 24.2. The molecule has 1 aromatic carbocycles. The highest BCUT2D eigenvalue weighted by Gasteiger charge is 2.28. The molecule has 9 heteroatoms. The Hall–Kier alpha value is -3.17. The third-order valence-electron chi connectivity index (χ3n) is 7.06. The monoisotopic (exact) mass is 478 g/mol. The van der Waals surface area contributed by atoms with Crippen molar-refractivity contribution in [3.63, 3.8) is 0 Å². The number of aromatic nitrogens is 3. The molecule has 0 spiro atoms. The number of hydrogen-bond donors (Lipinski definition) is 1. The number of rotatable bonds is 8. The summed E-state index contributed by atoms with van der Waals surface area (Å²) in [5.74, 6) is 2.17. The number of carbonyl (C=O) groups is 1. The molecule has 5 rings (SSSR count). The fraction of sp³-hybridized carbons (Fsp3) is 0.500. The summed E-state index contributed by atoms with van der Waals surface area (Å²) in [5.41, 5.74) is 2.94. The number of amides is 1. The summed E-state index contributed by atoms with van der Waals surface area (Å²) >= 11 is 0. The highest BCUT2D eigenvalue weighted by atomic mass is 16.5. The van der Waals surface area contributed by atoms with Gasteiger partial charge in [-0.05, 0) is 30.9 Å². The van der Waals surface area contributed by atoms with Gasteiger partial charge in [-0.3, -0.25) is 4.79 Å². The normalized spacial score (nSPS) is 16.5. The van der Waals surface area contributed by atoms with E-state index >= 15 is 0 Å². The molecule has 1 N–H and O–H groups in total. The second-order valence-electron chi connectivity index (χ2n) is 9.38. The molecule has 0 atom stereocenters. The molecule has 35 heavy (non-hydrogen) atoms. The number of carbonyl (C=O) groups excluding carboxylic acids is 1. The van der Waals surface area contributed by atoms with E-state index in [1.165, 1.54) is 0 Å². The summed E-state index contributed by atoms with van der Waals surface area (Å²) in [7, 11) is 3.62. The largest absolute Gasteiger partial charge is 0.383 e. The Morgan fingerprint density at radius 1 is 1.23 bits per heavy atom. The first-order valence-corrected chi connectivity index (χ1v) is 12.4. The lowest BCUT2D eigenvalue weighted by Gasteiger charge is -2.38. The lowest BCUT2D eigenvalue weighted by atomic mass is 10.00. The minimum absolute atomic E-state index is 0.119. The van der Waals surface area contributed by atoms with Gasteiger partial charge in [-0.2, -0.15) is 0 Å². The lowest BCUT2D eigenvalue weighted by Crippen LogP contribution is -2.47. The molecule has 4 heterocycles. The van der Waals surface area contributed by atoms with Crippen molar-refractivity contribution in [3.05, 3.63) is 36.7 Å². The Bertz CT molecular complexity index is 1160. The van der Waals surface area contributed by atoms with Crippen molar-refractivity contribution in [2.24, 2.45) is 5.92 Å². The Labute approximate surface area is 206 Å². The molecule has 1 saturated heterocycles. The average Bonchev–Trinajstić information content (AvgIpc) is 3.37.